The molecule has 2 aromatic rings. The summed E-state index contributed by atoms with van der Waals surface area (Å²) in [5.41, 5.74) is 1.42. The van der Waals surface area contributed by atoms with Crippen molar-refractivity contribution in [3.63, 3.8) is 0 Å². The average molecular weight is 528 g/mol. The lowest BCUT2D eigenvalue weighted by atomic mass is 10.0. The Labute approximate surface area is 224 Å². The molecule has 37 heavy (non-hydrogen) atoms. The van der Waals surface area contributed by atoms with Gasteiger partial charge in [0.2, 0.25) is 11.9 Å². The van der Waals surface area contributed by atoms with Gasteiger partial charge >= 0.3 is 0 Å². The molecule has 1 aromatic heterocycles. The fourth-order valence-corrected chi connectivity index (χ4v) is 5.26. The fourth-order valence-electron chi connectivity index (χ4n) is 5.12. The van der Waals surface area contributed by atoms with E-state index in [-0.39, 0.29) is 35.9 Å². The Bertz CT molecular complexity index is 1090. The summed E-state index contributed by atoms with van der Waals surface area (Å²) in [6.45, 7) is 5.95. The number of amides is 2. The van der Waals surface area contributed by atoms with Crippen molar-refractivity contribution in [2.45, 2.75) is 64.1 Å². The standard InChI is InChI=1S/C27H38ClN7O2/c1-17(2)30-25(36)21-6-5-7-23(21)32-24-22(28)16-29-27(33-24)31-19-10-8-18(9-11-19)26(37)35(4)20-12-14-34(3)15-13-20/h8-11,16-17,20-21,23H,5-7,12-15H2,1-4H3,(H,30,36)(H2,29,31,32,33). The zero-order chi connectivity index (χ0) is 26.5. The van der Waals surface area contributed by atoms with E-state index in [9.17, 15) is 9.59 Å². The monoisotopic (exact) mass is 527 g/mol. The van der Waals surface area contributed by atoms with Crippen LogP contribution >= 0.6 is 11.6 Å². The number of carbonyl (C=O) groups excluding carboxylic acids is 2. The molecule has 200 valence electrons. The molecule has 2 fully saturated rings. The molecule has 1 saturated carbocycles. The summed E-state index contributed by atoms with van der Waals surface area (Å²) >= 11 is 6.39. The molecule has 2 unspecified atom stereocenters. The van der Waals surface area contributed by atoms with Gasteiger partial charge in [0.15, 0.2) is 5.82 Å². The number of piperidine rings is 1. The SMILES string of the molecule is CC(C)NC(=O)C1CCCC1Nc1nc(Nc2ccc(C(=O)N(C)C3CCN(C)CC3)cc2)ncc1Cl. The average Bonchev–Trinajstić information content (AvgIpc) is 3.34. The van der Waals surface area contributed by atoms with Crippen molar-refractivity contribution in [3.05, 3.63) is 41.0 Å². The number of hydrogen-bond donors (Lipinski definition) is 3. The third-order valence-electron chi connectivity index (χ3n) is 7.29. The molecule has 9 nitrogen and oxygen atoms in total. The quantitative estimate of drug-likeness (QED) is 0.474. The summed E-state index contributed by atoms with van der Waals surface area (Å²) in [5, 5.41) is 9.98. The molecule has 1 saturated heterocycles. The van der Waals surface area contributed by atoms with Crippen LogP contribution in [0.1, 0.15) is 56.3 Å². The Kier molecular flexibility index (Phi) is 8.87. The Morgan fingerprint density at radius 2 is 1.81 bits per heavy atom. The van der Waals surface area contributed by atoms with Gasteiger partial charge in [-0.25, -0.2) is 4.98 Å². The predicted molar refractivity (Wildman–Crippen MR) is 147 cm³/mol. The van der Waals surface area contributed by atoms with E-state index in [1.165, 1.54) is 0 Å². The van der Waals surface area contributed by atoms with Gasteiger partial charge in [0.25, 0.3) is 5.91 Å². The fraction of sp³-hybridized carbons (Fsp3) is 0.556. The molecule has 0 bridgehead atoms. The molecule has 1 aliphatic heterocycles. The van der Waals surface area contributed by atoms with Crippen LogP contribution in [0.3, 0.4) is 0 Å². The molecule has 2 atom stereocenters. The molecule has 2 amide bonds. The molecule has 2 heterocycles. The van der Waals surface area contributed by atoms with E-state index in [4.69, 9.17) is 11.6 Å². The van der Waals surface area contributed by atoms with E-state index in [1.807, 2.05) is 50.1 Å². The number of aromatic nitrogens is 2. The number of likely N-dealkylation sites (tertiary alicyclic amines) is 1. The lowest BCUT2D eigenvalue weighted by Gasteiger charge is -2.35. The van der Waals surface area contributed by atoms with E-state index in [2.05, 4.69) is 37.9 Å². The van der Waals surface area contributed by atoms with Crippen molar-refractivity contribution in [1.29, 1.82) is 0 Å². The van der Waals surface area contributed by atoms with Crippen LogP contribution in [0.2, 0.25) is 5.02 Å². The van der Waals surface area contributed by atoms with E-state index >= 15 is 0 Å². The molecule has 0 radical (unpaired) electrons. The zero-order valence-electron chi connectivity index (χ0n) is 22.1. The van der Waals surface area contributed by atoms with E-state index in [0.29, 0.717) is 22.4 Å². The van der Waals surface area contributed by atoms with E-state index < -0.39 is 0 Å². The van der Waals surface area contributed by atoms with Crippen LogP contribution in [-0.2, 0) is 4.79 Å². The third-order valence-corrected chi connectivity index (χ3v) is 7.57. The van der Waals surface area contributed by atoms with Gasteiger partial charge in [0, 0.05) is 36.4 Å². The van der Waals surface area contributed by atoms with Crippen LogP contribution in [0.5, 0.6) is 0 Å². The van der Waals surface area contributed by atoms with E-state index in [0.717, 1.165) is 50.9 Å². The van der Waals surface area contributed by atoms with Crippen LogP contribution in [0, 0.1) is 5.92 Å². The predicted octanol–water partition coefficient (Wildman–Crippen LogP) is 4.15. The highest BCUT2D eigenvalue weighted by Crippen LogP contribution is 2.31. The molecule has 1 aliphatic carbocycles. The molecule has 10 heteroatoms. The number of nitrogens with zero attached hydrogens (tertiary/aromatic N) is 4. The minimum atomic E-state index is -0.123. The van der Waals surface area contributed by atoms with Gasteiger partial charge in [-0.2, -0.15) is 4.98 Å². The number of halogens is 1. The zero-order valence-corrected chi connectivity index (χ0v) is 22.9. The van der Waals surface area contributed by atoms with Gasteiger partial charge in [0.1, 0.15) is 5.02 Å². The number of anilines is 3. The van der Waals surface area contributed by atoms with Crippen molar-refractivity contribution in [1.82, 2.24) is 25.1 Å². The first-order valence-corrected chi connectivity index (χ1v) is 13.5. The maximum absolute atomic E-state index is 13.0. The number of carbonyl (C=O) groups is 2. The van der Waals surface area contributed by atoms with Gasteiger partial charge in [0.05, 0.1) is 12.1 Å². The number of nitrogens with one attached hydrogen (secondary N) is 3. The van der Waals surface area contributed by atoms with Crippen LogP contribution < -0.4 is 16.0 Å². The van der Waals surface area contributed by atoms with Crippen LogP contribution in [0.4, 0.5) is 17.5 Å². The number of benzene rings is 1. The summed E-state index contributed by atoms with van der Waals surface area (Å²) in [5.74, 6) is 0.853. The second-order valence-corrected chi connectivity index (χ2v) is 10.9. The maximum Gasteiger partial charge on any atom is 0.253 e. The third kappa shape index (κ3) is 6.90. The summed E-state index contributed by atoms with van der Waals surface area (Å²) in [7, 11) is 4.01. The Hall–Kier alpha value is -2.91. The van der Waals surface area contributed by atoms with E-state index in [1.54, 1.807) is 6.20 Å². The molecule has 3 N–H and O–H groups in total. The summed E-state index contributed by atoms with van der Waals surface area (Å²) < 4.78 is 0. The normalized spacial score (nSPS) is 20.6. The summed E-state index contributed by atoms with van der Waals surface area (Å²) in [6, 6.07) is 7.68. The highest BCUT2D eigenvalue weighted by Gasteiger charge is 2.34. The molecule has 1 aromatic carbocycles. The summed E-state index contributed by atoms with van der Waals surface area (Å²) in [6.07, 6.45) is 6.22. The van der Waals surface area contributed by atoms with Crippen molar-refractivity contribution in [3.8, 4) is 0 Å². The Morgan fingerprint density at radius 3 is 2.49 bits per heavy atom. The first-order chi connectivity index (χ1) is 17.7. The summed E-state index contributed by atoms with van der Waals surface area (Å²) in [4.78, 5) is 38.6. The number of hydrogen-bond acceptors (Lipinski definition) is 7. The molecular formula is C27H38ClN7O2. The van der Waals surface area contributed by atoms with Crippen LogP contribution in [-0.4, -0.2) is 76.9 Å². The minimum Gasteiger partial charge on any atom is -0.365 e. The van der Waals surface area contributed by atoms with Crippen LogP contribution in [0.25, 0.3) is 0 Å². The smallest absolute Gasteiger partial charge is 0.253 e. The lowest BCUT2D eigenvalue weighted by molar-refractivity contribution is -0.125. The molecule has 0 spiro atoms. The first kappa shape index (κ1) is 27.1. The Morgan fingerprint density at radius 1 is 1.11 bits per heavy atom. The largest absolute Gasteiger partial charge is 0.365 e. The molecule has 4 rings (SSSR count). The molecule has 2 aliphatic rings. The molecular weight excluding hydrogens is 490 g/mol. The lowest BCUT2D eigenvalue weighted by Crippen LogP contribution is -2.44. The maximum atomic E-state index is 13.0. The van der Waals surface area contributed by atoms with Gasteiger partial charge in [-0.3, -0.25) is 9.59 Å². The van der Waals surface area contributed by atoms with Gasteiger partial charge < -0.3 is 25.8 Å². The van der Waals surface area contributed by atoms with Crippen molar-refractivity contribution < 1.29 is 9.59 Å². The Balaban J connectivity index is 1.39. The minimum absolute atomic E-state index is 0.0305. The van der Waals surface area contributed by atoms with Crippen molar-refractivity contribution in [2.75, 3.05) is 37.8 Å². The van der Waals surface area contributed by atoms with Gasteiger partial charge in [-0.15, -0.1) is 0 Å². The van der Waals surface area contributed by atoms with Crippen molar-refractivity contribution in [2.24, 2.45) is 5.92 Å². The second kappa shape index (κ2) is 12.1. The van der Waals surface area contributed by atoms with Gasteiger partial charge in [-0.05, 0) is 83.9 Å². The van der Waals surface area contributed by atoms with Gasteiger partial charge in [-0.1, -0.05) is 18.0 Å². The highest BCUT2D eigenvalue weighted by molar-refractivity contribution is 6.32. The van der Waals surface area contributed by atoms with Crippen molar-refractivity contribution >= 4 is 40.9 Å². The first-order valence-electron chi connectivity index (χ1n) is 13.1. The number of rotatable bonds is 8. The highest BCUT2D eigenvalue weighted by atomic mass is 35.5. The topological polar surface area (TPSA) is 102 Å². The second-order valence-electron chi connectivity index (χ2n) is 10.5. The van der Waals surface area contributed by atoms with Crippen LogP contribution in [0.15, 0.2) is 30.5 Å².